The van der Waals surface area contributed by atoms with E-state index in [4.69, 9.17) is 4.74 Å². The summed E-state index contributed by atoms with van der Waals surface area (Å²) in [6, 6.07) is 3.93. The van der Waals surface area contributed by atoms with E-state index in [0.29, 0.717) is 43.7 Å². The molecule has 2 atom stereocenters. The van der Waals surface area contributed by atoms with Gasteiger partial charge in [0.05, 0.1) is 19.1 Å². The van der Waals surface area contributed by atoms with Crippen molar-refractivity contribution in [3.63, 3.8) is 0 Å². The molecule has 5 nitrogen and oxygen atoms in total. The van der Waals surface area contributed by atoms with Crippen LogP contribution in [0.5, 0.6) is 0 Å². The van der Waals surface area contributed by atoms with Crippen molar-refractivity contribution in [2.75, 3.05) is 19.7 Å². The molecule has 0 unspecified atom stereocenters. The SMILES string of the molecule is Cc1cc(F)ccc1C(=O)N1CC[C@@]23OCCN2C(=O)C[C@@H]13. The molecule has 3 saturated heterocycles. The second-order valence-electron chi connectivity index (χ2n) is 6.17. The van der Waals surface area contributed by atoms with Gasteiger partial charge in [-0.05, 0) is 30.7 Å². The van der Waals surface area contributed by atoms with Crippen LogP contribution in [-0.4, -0.2) is 53.1 Å². The predicted octanol–water partition coefficient (Wildman–Crippen LogP) is 1.31. The molecule has 0 bridgehead atoms. The molecule has 0 saturated carbocycles. The molecule has 1 aromatic rings. The summed E-state index contributed by atoms with van der Waals surface area (Å²) in [5.41, 5.74) is 0.475. The van der Waals surface area contributed by atoms with Crippen molar-refractivity contribution < 1.29 is 18.7 Å². The number of nitrogens with zero attached hydrogens (tertiary/aromatic N) is 2. The Morgan fingerprint density at radius 2 is 2.23 bits per heavy atom. The number of rotatable bonds is 1. The highest BCUT2D eigenvalue weighted by atomic mass is 19.1. The summed E-state index contributed by atoms with van der Waals surface area (Å²) in [7, 11) is 0. The maximum absolute atomic E-state index is 13.2. The number of carbonyl (C=O) groups excluding carboxylic acids is 2. The summed E-state index contributed by atoms with van der Waals surface area (Å²) in [5.74, 6) is -0.450. The number of ether oxygens (including phenoxy) is 1. The third-order valence-corrected chi connectivity index (χ3v) is 5.08. The van der Waals surface area contributed by atoms with Crippen molar-refractivity contribution in [2.24, 2.45) is 0 Å². The summed E-state index contributed by atoms with van der Waals surface area (Å²) in [6.07, 6.45) is 0.960. The van der Waals surface area contributed by atoms with E-state index in [-0.39, 0.29) is 23.7 Å². The highest BCUT2D eigenvalue weighted by Gasteiger charge is 2.62. The van der Waals surface area contributed by atoms with Crippen molar-refractivity contribution in [1.82, 2.24) is 9.80 Å². The maximum Gasteiger partial charge on any atom is 0.254 e. The number of hydrogen-bond donors (Lipinski definition) is 0. The Morgan fingerprint density at radius 1 is 1.41 bits per heavy atom. The van der Waals surface area contributed by atoms with Crippen LogP contribution in [0.25, 0.3) is 0 Å². The molecule has 6 heteroatoms. The molecule has 3 fully saturated rings. The van der Waals surface area contributed by atoms with Crippen LogP contribution in [-0.2, 0) is 9.53 Å². The molecule has 3 heterocycles. The van der Waals surface area contributed by atoms with Gasteiger partial charge in [-0.3, -0.25) is 9.59 Å². The van der Waals surface area contributed by atoms with Gasteiger partial charge in [0.15, 0.2) is 5.72 Å². The lowest BCUT2D eigenvalue weighted by Crippen LogP contribution is -2.48. The van der Waals surface area contributed by atoms with Crippen LogP contribution >= 0.6 is 0 Å². The fourth-order valence-corrected chi connectivity index (χ4v) is 4.06. The number of likely N-dealkylation sites (tertiary alicyclic amines) is 1. The first-order chi connectivity index (χ1) is 10.5. The molecule has 22 heavy (non-hydrogen) atoms. The summed E-state index contributed by atoms with van der Waals surface area (Å²) in [6.45, 7) is 3.41. The monoisotopic (exact) mass is 304 g/mol. The largest absolute Gasteiger partial charge is 0.351 e. The minimum absolute atomic E-state index is 0.0517. The van der Waals surface area contributed by atoms with E-state index in [1.807, 2.05) is 0 Å². The van der Waals surface area contributed by atoms with Crippen molar-refractivity contribution in [3.8, 4) is 0 Å². The average molecular weight is 304 g/mol. The van der Waals surface area contributed by atoms with E-state index in [2.05, 4.69) is 0 Å². The number of benzene rings is 1. The molecule has 0 N–H and O–H groups in total. The molecule has 0 aromatic heterocycles. The standard InChI is InChI=1S/C16H17FN2O3/c1-10-8-11(17)2-3-12(10)15(21)18-5-4-16-13(18)9-14(20)19(16)6-7-22-16/h2-3,8,13H,4-7,9H2,1H3/t13-,16+/m1/s1. The van der Waals surface area contributed by atoms with Gasteiger partial charge in [-0.25, -0.2) is 4.39 Å². The lowest BCUT2D eigenvalue weighted by Gasteiger charge is -2.31. The van der Waals surface area contributed by atoms with Crippen LogP contribution in [0.2, 0.25) is 0 Å². The van der Waals surface area contributed by atoms with Gasteiger partial charge in [-0.1, -0.05) is 0 Å². The van der Waals surface area contributed by atoms with E-state index in [9.17, 15) is 14.0 Å². The Hall–Kier alpha value is -1.95. The molecule has 1 aromatic carbocycles. The first-order valence-electron chi connectivity index (χ1n) is 7.54. The fraction of sp³-hybridized carbons (Fsp3) is 0.500. The molecule has 3 aliphatic rings. The van der Waals surface area contributed by atoms with E-state index in [1.165, 1.54) is 18.2 Å². The molecular weight excluding hydrogens is 287 g/mol. The Bertz CT molecular complexity index is 677. The number of carbonyl (C=O) groups is 2. The van der Waals surface area contributed by atoms with Gasteiger partial charge < -0.3 is 14.5 Å². The minimum Gasteiger partial charge on any atom is -0.351 e. The Morgan fingerprint density at radius 3 is 3.00 bits per heavy atom. The zero-order chi connectivity index (χ0) is 15.5. The van der Waals surface area contributed by atoms with Gasteiger partial charge >= 0.3 is 0 Å². The third-order valence-electron chi connectivity index (χ3n) is 5.08. The maximum atomic E-state index is 13.2. The predicted molar refractivity (Wildman–Crippen MR) is 75.6 cm³/mol. The molecule has 0 aliphatic carbocycles. The quantitative estimate of drug-likeness (QED) is 0.786. The van der Waals surface area contributed by atoms with Crippen LogP contribution in [0.4, 0.5) is 4.39 Å². The van der Waals surface area contributed by atoms with E-state index in [0.717, 1.165) is 0 Å². The van der Waals surface area contributed by atoms with Gasteiger partial charge in [0.1, 0.15) is 5.82 Å². The number of amides is 2. The molecular formula is C16H17FN2O3. The van der Waals surface area contributed by atoms with Crippen molar-refractivity contribution in [1.29, 1.82) is 0 Å². The fourth-order valence-electron chi connectivity index (χ4n) is 4.06. The summed E-state index contributed by atoms with van der Waals surface area (Å²) in [5, 5.41) is 0. The minimum atomic E-state index is -0.624. The van der Waals surface area contributed by atoms with Crippen LogP contribution in [0, 0.1) is 12.7 Å². The second kappa shape index (κ2) is 4.52. The van der Waals surface area contributed by atoms with Crippen LogP contribution in [0.1, 0.15) is 28.8 Å². The molecule has 1 spiro atoms. The molecule has 4 rings (SSSR count). The second-order valence-corrected chi connectivity index (χ2v) is 6.17. The smallest absolute Gasteiger partial charge is 0.254 e. The van der Waals surface area contributed by atoms with Gasteiger partial charge in [-0.15, -0.1) is 0 Å². The number of halogens is 1. The first kappa shape index (κ1) is 13.7. The van der Waals surface area contributed by atoms with E-state index >= 15 is 0 Å². The average Bonchev–Trinajstić information content (AvgIpc) is 3.10. The zero-order valence-corrected chi connectivity index (χ0v) is 12.3. The topological polar surface area (TPSA) is 49.9 Å². The van der Waals surface area contributed by atoms with Crippen LogP contribution in [0.3, 0.4) is 0 Å². The molecule has 2 amide bonds. The lowest BCUT2D eigenvalue weighted by atomic mass is 10.0. The van der Waals surface area contributed by atoms with Crippen molar-refractivity contribution in [2.45, 2.75) is 31.5 Å². The molecule has 116 valence electrons. The summed E-state index contributed by atoms with van der Waals surface area (Å²) < 4.78 is 19.1. The Labute approximate surface area is 127 Å². The zero-order valence-electron chi connectivity index (χ0n) is 12.3. The van der Waals surface area contributed by atoms with E-state index in [1.54, 1.807) is 16.7 Å². The van der Waals surface area contributed by atoms with Gasteiger partial charge in [-0.2, -0.15) is 0 Å². The first-order valence-corrected chi connectivity index (χ1v) is 7.54. The highest BCUT2D eigenvalue weighted by Crippen LogP contribution is 2.45. The highest BCUT2D eigenvalue weighted by molar-refractivity contribution is 5.97. The Balaban J connectivity index is 1.67. The lowest BCUT2D eigenvalue weighted by molar-refractivity contribution is -0.136. The third kappa shape index (κ3) is 1.67. The molecule has 3 aliphatic heterocycles. The van der Waals surface area contributed by atoms with Crippen LogP contribution in [0.15, 0.2) is 18.2 Å². The molecule has 0 radical (unpaired) electrons. The Kier molecular flexibility index (Phi) is 2.81. The van der Waals surface area contributed by atoms with Gasteiger partial charge in [0.2, 0.25) is 5.91 Å². The number of hydrogen-bond acceptors (Lipinski definition) is 3. The normalized spacial score (nSPS) is 29.9. The summed E-state index contributed by atoms with van der Waals surface area (Å²) >= 11 is 0. The van der Waals surface area contributed by atoms with E-state index < -0.39 is 5.72 Å². The van der Waals surface area contributed by atoms with Crippen molar-refractivity contribution >= 4 is 11.8 Å². The van der Waals surface area contributed by atoms with Crippen LogP contribution < -0.4 is 0 Å². The summed E-state index contributed by atoms with van der Waals surface area (Å²) in [4.78, 5) is 28.5. The van der Waals surface area contributed by atoms with Gasteiger partial charge in [0.25, 0.3) is 5.91 Å². The van der Waals surface area contributed by atoms with Gasteiger partial charge in [0, 0.05) is 25.1 Å². The number of aryl methyl sites for hydroxylation is 1. The van der Waals surface area contributed by atoms with Crippen molar-refractivity contribution in [3.05, 3.63) is 35.1 Å².